The van der Waals surface area contributed by atoms with Crippen molar-refractivity contribution in [1.82, 2.24) is 9.21 Å². The second-order valence-corrected chi connectivity index (χ2v) is 9.13. The number of sulfonamides is 1. The Hall–Kier alpha value is -1.06. The maximum absolute atomic E-state index is 13.1. The number of rotatable bonds is 5. The van der Waals surface area contributed by atoms with Gasteiger partial charge in [0.25, 0.3) is 5.91 Å². The second-order valence-electron chi connectivity index (χ2n) is 6.79. The van der Waals surface area contributed by atoms with Gasteiger partial charge in [0, 0.05) is 32.2 Å². The van der Waals surface area contributed by atoms with Crippen LogP contribution in [0.5, 0.6) is 5.75 Å². The zero-order valence-electron chi connectivity index (χ0n) is 15.3. The van der Waals surface area contributed by atoms with Gasteiger partial charge < -0.3 is 15.4 Å². The Kier molecular flexibility index (Phi) is 7.34. The normalized spacial score (nSPS) is 20.5. The monoisotopic (exact) mass is 425 g/mol. The van der Waals surface area contributed by atoms with Crippen LogP contribution >= 0.6 is 24.0 Å². The summed E-state index contributed by atoms with van der Waals surface area (Å²) in [6.07, 6.45) is 0.676. The molecule has 1 saturated heterocycles. The van der Waals surface area contributed by atoms with Gasteiger partial charge >= 0.3 is 0 Å². The zero-order chi connectivity index (χ0) is 19.0. The highest BCUT2D eigenvalue weighted by atomic mass is 35.5. The summed E-state index contributed by atoms with van der Waals surface area (Å²) in [6.45, 7) is 3.04. The molecule has 0 saturated carbocycles. The Bertz CT molecular complexity index is 786. The van der Waals surface area contributed by atoms with E-state index in [0.717, 1.165) is 0 Å². The fourth-order valence-electron chi connectivity index (χ4n) is 2.86. The van der Waals surface area contributed by atoms with Crippen LogP contribution < -0.4 is 10.5 Å². The van der Waals surface area contributed by atoms with Gasteiger partial charge in [-0.3, -0.25) is 4.79 Å². The van der Waals surface area contributed by atoms with E-state index in [1.54, 1.807) is 14.1 Å². The number of carbonyl (C=O) groups is 1. The van der Waals surface area contributed by atoms with Crippen molar-refractivity contribution in [3.05, 3.63) is 22.7 Å². The highest BCUT2D eigenvalue weighted by Gasteiger charge is 2.40. The number of amides is 1. The summed E-state index contributed by atoms with van der Waals surface area (Å²) in [7, 11) is 0.614. The number of ether oxygens (including phenoxy) is 1. The maximum atomic E-state index is 13.1. The summed E-state index contributed by atoms with van der Waals surface area (Å²) < 4.78 is 32.9. The van der Waals surface area contributed by atoms with Gasteiger partial charge in [-0.1, -0.05) is 18.5 Å². The Morgan fingerprint density at radius 3 is 2.50 bits per heavy atom. The van der Waals surface area contributed by atoms with Gasteiger partial charge in [-0.25, -0.2) is 8.42 Å². The smallest absolute Gasteiger partial charge is 0.257 e. The Labute approximate surface area is 165 Å². The minimum absolute atomic E-state index is 0. The van der Waals surface area contributed by atoms with Gasteiger partial charge in [-0.2, -0.15) is 4.31 Å². The van der Waals surface area contributed by atoms with E-state index < -0.39 is 10.0 Å². The van der Waals surface area contributed by atoms with E-state index in [2.05, 4.69) is 0 Å². The molecule has 1 aromatic carbocycles. The molecule has 148 valence electrons. The van der Waals surface area contributed by atoms with Crippen LogP contribution in [0.2, 0.25) is 5.02 Å². The Balaban J connectivity index is 0.00000338. The summed E-state index contributed by atoms with van der Waals surface area (Å²) in [5.74, 6) is -0.381. The van der Waals surface area contributed by atoms with Gasteiger partial charge in [0.05, 0.1) is 12.7 Å². The number of hydrogen-bond acceptors (Lipinski definition) is 5. The molecular formula is C16H25Cl2N3O4S. The van der Waals surface area contributed by atoms with E-state index in [-0.39, 0.29) is 45.0 Å². The largest absolute Gasteiger partial charge is 0.494 e. The topological polar surface area (TPSA) is 92.9 Å². The predicted molar refractivity (Wildman–Crippen MR) is 104 cm³/mol. The first-order valence-electron chi connectivity index (χ1n) is 7.85. The molecule has 7 nitrogen and oxygen atoms in total. The van der Waals surface area contributed by atoms with Crippen LogP contribution in [0.25, 0.3) is 0 Å². The molecule has 2 N–H and O–H groups in total. The lowest BCUT2D eigenvalue weighted by molar-refractivity contribution is 0.0823. The summed E-state index contributed by atoms with van der Waals surface area (Å²) in [5.41, 5.74) is 5.62. The van der Waals surface area contributed by atoms with Gasteiger partial charge in [0.2, 0.25) is 10.0 Å². The van der Waals surface area contributed by atoms with E-state index in [0.29, 0.717) is 26.1 Å². The van der Waals surface area contributed by atoms with Crippen LogP contribution in [0.1, 0.15) is 23.7 Å². The van der Waals surface area contributed by atoms with E-state index in [4.69, 9.17) is 22.1 Å². The van der Waals surface area contributed by atoms with Crippen LogP contribution in [0.15, 0.2) is 17.0 Å². The van der Waals surface area contributed by atoms with Crippen LogP contribution in [0.3, 0.4) is 0 Å². The molecule has 0 aliphatic carbocycles. The summed E-state index contributed by atoms with van der Waals surface area (Å²) in [4.78, 5) is 13.6. The van der Waals surface area contributed by atoms with Gasteiger partial charge in [0.15, 0.2) is 5.75 Å². The average molecular weight is 426 g/mol. The van der Waals surface area contributed by atoms with E-state index in [9.17, 15) is 13.2 Å². The quantitative estimate of drug-likeness (QED) is 0.776. The molecule has 1 fully saturated rings. The fourth-order valence-corrected chi connectivity index (χ4v) is 4.94. The molecule has 26 heavy (non-hydrogen) atoms. The highest BCUT2D eigenvalue weighted by Crippen LogP contribution is 2.38. The molecule has 0 spiro atoms. The first-order chi connectivity index (χ1) is 11.6. The van der Waals surface area contributed by atoms with E-state index in [1.807, 2.05) is 6.92 Å². The van der Waals surface area contributed by atoms with Crippen molar-refractivity contribution in [2.45, 2.75) is 18.2 Å². The van der Waals surface area contributed by atoms with Crippen LogP contribution in [0, 0.1) is 5.41 Å². The van der Waals surface area contributed by atoms with Crippen molar-refractivity contribution in [2.75, 3.05) is 40.8 Å². The molecule has 1 heterocycles. The summed E-state index contributed by atoms with van der Waals surface area (Å²) >= 11 is 6.09. The lowest BCUT2D eigenvalue weighted by Crippen LogP contribution is -2.35. The van der Waals surface area contributed by atoms with Gasteiger partial charge in [-0.15, -0.1) is 12.4 Å². The third kappa shape index (κ3) is 4.26. The molecule has 1 amide bonds. The number of nitrogens with zero attached hydrogens (tertiary/aromatic N) is 2. The van der Waals surface area contributed by atoms with Gasteiger partial charge in [-0.05, 0) is 30.5 Å². The van der Waals surface area contributed by atoms with Crippen molar-refractivity contribution in [2.24, 2.45) is 11.1 Å². The lowest BCUT2D eigenvalue weighted by Gasteiger charge is -2.24. The fraction of sp³-hybridized carbons (Fsp3) is 0.562. The number of hydrogen-bond donors (Lipinski definition) is 1. The number of methoxy groups -OCH3 is 1. The third-order valence-corrected chi connectivity index (χ3v) is 6.56. The minimum Gasteiger partial charge on any atom is -0.494 e. The summed E-state index contributed by atoms with van der Waals surface area (Å²) in [5, 5.41) is 0.158. The van der Waals surface area contributed by atoms with Crippen molar-refractivity contribution in [3.63, 3.8) is 0 Å². The molecule has 10 heteroatoms. The predicted octanol–water partition coefficient (Wildman–Crippen LogP) is 1.83. The molecule has 2 rings (SSSR count). The van der Waals surface area contributed by atoms with Gasteiger partial charge in [0.1, 0.15) is 4.90 Å². The molecule has 1 unspecified atom stereocenters. The highest BCUT2D eigenvalue weighted by molar-refractivity contribution is 7.89. The first kappa shape index (κ1) is 23.0. The third-order valence-electron chi connectivity index (χ3n) is 4.49. The van der Waals surface area contributed by atoms with E-state index >= 15 is 0 Å². The number of nitrogens with two attached hydrogens (primary N) is 1. The second kappa shape index (κ2) is 8.31. The number of benzene rings is 1. The van der Waals surface area contributed by atoms with Crippen LogP contribution in [-0.2, 0) is 10.0 Å². The summed E-state index contributed by atoms with van der Waals surface area (Å²) in [6, 6.07) is 2.73. The average Bonchev–Trinajstić information content (AvgIpc) is 2.97. The van der Waals surface area contributed by atoms with E-state index in [1.165, 1.54) is 28.4 Å². The number of halogens is 2. The lowest BCUT2D eigenvalue weighted by atomic mass is 9.90. The Morgan fingerprint density at radius 1 is 1.42 bits per heavy atom. The molecule has 1 atom stereocenters. The Morgan fingerprint density at radius 2 is 2.04 bits per heavy atom. The molecule has 1 aromatic rings. The maximum Gasteiger partial charge on any atom is 0.257 e. The SMILES string of the molecule is COc1c(C(=O)N(C)C)cc(Cl)cc1S(=O)(=O)N1CCC(C)(CN)C1.Cl. The first-order valence-corrected chi connectivity index (χ1v) is 9.67. The van der Waals surface area contributed by atoms with Crippen LogP contribution in [-0.4, -0.2) is 64.4 Å². The molecule has 1 aliphatic heterocycles. The van der Waals surface area contributed by atoms with Crippen molar-refractivity contribution in [3.8, 4) is 5.75 Å². The molecule has 1 aliphatic rings. The van der Waals surface area contributed by atoms with Crippen LogP contribution in [0.4, 0.5) is 0 Å². The molecule has 0 bridgehead atoms. The van der Waals surface area contributed by atoms with Crippen molar-refractivity contribution >= 4 is 39.9 Å². The molecule has 0 aromatic heterocycles. The zero-order valence-corrected chi connectivity index (χ0v) is 17.7. The minimum atomic E-state index is -3.87. The molecule has 0 radical (unpaired) electrons. The molecular weight excluding hydrogens is 401 g/mol. The van der Waals surface area contributed by atoms with Crippen molar-refractivity contribution in [1.29, 1.82) is 0 Å². The number of carbonyl (C=O) groups excluding carboxylic acids is 1. The van der Waals surface area contributed by atoms with Crippen molar-refractivity contribution < 1.29 is 17.9 Å². The standard InChI is InChI=1S/C16H24ClN3O4S.ClH/c1-16(9-18)5-6-20(10-16)25(22,23)13-8-11(17)7-12(14(13)24-4)15(21)19(2)3;/h7-8H,5-6,9-10,18H2,1-4H3;1H.